The number of carbonyl (C=O) groups excluding carboxylic acids is 1. The van der Waals surface area contributed by atoms with Crippen LogP contribution in [0.15, 0.2) is 48.9 Å². The van der Waals surface area contributed by atoms with Gasteiger partial charge in [-0.1, -0.05) is 0 Å². The number of likely N-dealkylation sites (tertiary alicyclic amines) is 1. The van der Waals surface area contributed by atoms with Crippen LogP contribution >= 0.6 is 0 Å². The van der Waals surface area contributed by atoms with E-state index in [1.807, 2.05) is 4.90 Å². The Bertz CT molecular complexity index is 1160. The Balaban J connectivity index is 1.40. The molecule has 2 bridgehead atoms. The topological polar surface area (TPSA) is 67.2 Å². The number of piperidine rings is 1. The van der Waals surface area contributed by atoms with Gasteiger partial charge in [0.25, 0.3) is 5.91 Å². The van der Waals surface area contributed by atoms with Gasteiger partial charge in [-0.3, -0.25) is 4.79 Å². The minimum Gasteiger partial charge on any atom is -0.355 e. The summed E-state index contributed by atoms with van der Waals surface area (Å²) in [4.78, 5) is 22.3. The van der Waals surface area contributed by atoms with Crippen LogP contribution in [0.25, 0.3) is 5.69 Å². The Labute approximate surface area is 186 Å². The second kappa shape index (κ2) is 7.82. The van der Waals surface area contributed by atoms with E-state index in [9.17, 15) is 22.4 Å². The lowest BCUT2D eigenvalue weighted by atomic mass is 10.0. The number of hydrogen-bond acceptors (Lipinski definition) is 5. The van der Waals surface area contributed by atoms with E-state index in [4.69, 9.17) is 0 Å². The molecule has 11 heteroatoms. The van der Waals surface area contributed by atoms with Crippen molar-refractivity contribution in [2.45, 2.75) is 31.1 Å². The van der Waals surface area contributed by atoms with Crippen LogP contribution in [-0.4, -0.2) is 56.5 Å². The molecule has 1 aliphatic carbocycles. The molecule has 2 aromatic heterocycles. The van der Waals surface area contributed by atoms with Gasteiger partial charge in [0.1, 0.15) is 11.6 Å². The number of likely N-dealkylation sites (N-methyl/N-ethyl adjacent to an activating group) is 1. The van der Waals surface area contributed by atoms with Crippen molar-refractivity contribution in [3.05, 3.63) is 65.9 Å². The van der Waals surface area contributed by atoms with E-state index in [1.54, 1.807) is 11.9 Å². The number of anilines is 1. The number of benzene rings is 1. The van der Waals surface area contributed by atoms with Crippen LogP contribution in [0.4, 0.5) is 23.4 Å². The van der Waals surface area contributed by atoms with Crippen molar-refractivity contribution >= 4 is 11.7 Å². The van der Waals surface area contributed by atoms with Gasteiger partial charge in [0.15, 0.2) is 0 Å². The van der Waals surface area contributed by atoms with Crippen molar-refractivity contribution in [3.8, 4) is 5.69 Å². The van der Waals surface area contributed by atoms with E-state index in [0.29, 0.717) is 18.1 Å². The fourth-order valence-electron chi connectivity index (χ4n) is 4.92. The lowest BCUT2D eigenvalue weighted by molar-refractivity contribution is -0.137. The van der Waals surface area contributed by atoms with Crippen LogP contribution in [0.3, 0.4) is 0 Å². The Morgan fingerprint density at radius 1 is 1.12 bits per heavy atom. The molecule has 0 spiro atoms. The molecule has 3 heterocycles. The van der Waals surface area contributed by atoms with Gasteiger partial charge in [0.2, 0.25) is 0 Å². The molecule has 3 aromatic rings. The van der Waals surface area contributed by atoms with Crippen LogP contribution < -0.4 is 4.90 Å². The average molecular weight is 460 g/mol. The molecular formula is C22H20F4N6O. The first-order chi connectivity index (χ1) is 15.7. The van der Waals surface area contributed by atoms with Crippen LogP contribution in [-0.2, 0) is 6.18 Å². The maximum absolute atomic E-state index is 14.0. The summed E-state index contributed by atoms with van der Waals surface area (Å²) in [7, 11) is 1.77. The fraction of sp³-hybridized carbons (Fsp3) is 0.364. The lowest BCUT2D eigenvalue weighted by Gasteiger charge is -2.39. The largest absolute Gasteiger partial charge is 0.417 e. The summed E-state index contributed by atoms with van der Waals surface area (Å²) in [5.41, 5.74) is -0.272. The van der Waals surface area contributed by atoms with Gasteiger partial charge in [0.05, 0.1) is 41.3 Å². The number of hydrogen-bond donors (Lipinski definition) is 0. The first-order valence-corrected chi connectivity index (χ1v) is 10.5. The Kier molecular flexibility index (Phi) is 5.06. The first kappa shape index (κ1) is 21.4. The van der Waals surface area contributed by atoms with Crippen molar-refractivity contribution < 1.29 is 22.4 Å². The van der Waals surface area contributed by atoms with E-state index in [2.05, 4.69) is 15.2 Å². The molecule has 1 aromatic carbocycles. The Morgan fingerprint density at radius 2 is 1.88 bits per heavy atom. The molecule has 1 amide bonds. The van der Waals surface area contributed by atoms with E-state index in [-0.39, 0.29) is 29.5 Å². The zero-order chi connectivity index (χ0) is 23.3. The van der Waals surface area contributed by atoms with Crippen LogP contribution in [0.1, 0.15) is 28.8 Å². The predicted molar refractivity (Wildman–Crippen MR) is 110 cm³/mol. The molecule has 7 nitrogen and oxygen atoms in total. The van der Waals surface area contributed by atoms with Crippen molar-refractivity contribution in [2.24, 2.45) is 5.92 Å². The number of pyridine rings is 1. The van der Waals surface area contributed by atoms with E-state index in [1.165, 1.54) is 41.5 Å². The van der Waals surface area contributed by atoms with Gasteiger partial charge in [0, 0.05) is 19.8 Å². The normalized spacial score (nSPS) is 22.1. The number of amides is 1. The molecule has 1 aliphatic heterocycles. The maximum atomic E-state index is 14.0. The van der Waals surface area contributed by atoms with E-state index in [0.717, 1.165) is 25.1 Å². The number of fused-ring (bicyclic) bond motifs is 2. The number of alkyl halides is 3. The van der Waals surface area contributed by atoms with Gasteiger partial charge in [-0.15, -0.1) is 0 Å². The standard InChI is InChI=1S/C22H20F4N6O/c1-30(20-5-2-14(11-27-20)22(24,25)26)18-8-13-9-19(18)31(12-13)21(33)16-10-15(23)3-4-17(16)32-28-6-7-29-32/h2-7,10-11,13,18-19H,8-9,12H2,1H3/t13-,18?,19?/m0/s1. The first-order valence-electron chi connectivity index (χ1n) is 10.5. The smallest absolute Gasteiger partial charge is 0.355 e. The third-order valence-corrected chi connectivity index (χ3v) is 6.47. The minimum absolute atomic E-state index is 0.114. The Morgan fingerprint density at radius 3 is 2.52 bits per heavy atom. The van der Waals surface area contributed by atoms with Crippen molar-refractivity contribution in [3.63, 3.8) is 0 Å². The fourth-order valence-corrected chi connectivity index (χ4v) is 4.92. The molecule has 1 saturated heterocycles. The van der Waals surface area contributed by atoms with Crippen molar-refractivity contribution in [1.29, 1.82) is 0 Å². The molecule has 2 fully saturated rings. The van der Waals surface area contributed by atoms with E-state index < -0.39 is 17.6 Å². The average Bonchev–Trinajstić information content (AvgIpc) is 3.55. The predicted octanol–water partition coefficient (Wildman–Crippen LogP) is 3.56. The minimum atomic E-state index is -4.45. The highest BCUT2D eigenvalue weighted by molar-refractivity contribution is 5.98. The molecule has 2 unspecified atom stereocenters. The highest BCUT2D eigenvalue weighted by Crippen LogP contribution is 2.42. The third-order valence-electron chi connectivity index (χ3n) is 6.47. The highest BCUT2D eigenvalue weighted by atomic mass is 19.4. The number of halogens is 4. The summed E-state index contributed by atoms with van der Waals surface area (Å²) >= 11 is 0. The highest BCUT2D eigenvalue weighted by Gasteiger charge is 2.49. The number of aromatic nitrogens is 4. The van der Waals surface area contributed by atoms with Gasteiger partial charge in [-0.05, 0) is 49.1 Å². The van der Waals surface area contributed by atoms with E-state index >= 15 is 0 Å². The zero-order valence-electron chi connectivity index (χ0n) is 17.6. The summed E-state index contributed by atoms with van der Waals surface area (Å²) in [5.74, 6) is -0.213. The van der Waals surface area contributed by atoms with Crippen LogP contribution in [0.2, 0.25) is 0 Å². The zero-order valence-corrected chi connectivity index (χ0v) is 17.6. The Hall–Kier alpha value is -3.50. The molecule has 1 saturated carbocycles. The van der Waals surface area contributed by atoms with Crippen LogP contribution in [0.5, 0.6) is 0 Å². The maximum Gasteiger partial charge on any atom is 0.417 e. The summed E-state index contributed by atoms with van der Waals surface area (Å²) < 4.78 is 52.7. The van der Waals surface area contributed by atoms with Gasteiger partial charge in [-0.2, -0.15) is 28.2 Å². The molecule has 0 N–H and O–H groups in total. The van der Waals surface area contributed by atoms with Gasteiger partial charge in [-0.25, -0.2) is 9.37 Å². The molecule has 2 aliphatic rings. The van der Waals surface area contributed by atoms with Crippen molar-refractivity contribution in [1.82, 2.24) is 24.9 Å². The number of nitrogens with zero attached hydrogens (tertiary/aromatic N) is 6. The second-order valence-electron chi connectivity index (χ2n) is 8.42. The van der Waals surface area contributed by atoms with Crippen molar-refractivity contribution in [2.75, 3.05) is 18.5 Å². The molecule has 3 atom stereocenters. The van der Waals surface area contributed by atoms with Gasteiger partial charge < -0.3 is 9.80 Å². The number of carbonyl (C=O) groups is 1. The quantitative estimate of drug-likeness (QED) is 0.557. The molecule has 5 rings (SSSR count). The molecule has 0 radical (unpaired) electrons. The lowest BCUT2D eigenvalue weighted by Crippen LogP contribution is -2.51. The molecule has 33 heavy (non-hydrogen) atoms. The molecular weight excluding hydrogens is 440 g/mol. The summed E-state index contributed by atoms with van der Waals surface area (Å²) in [5, 5.41) is 8.11. The molecule has 172 valence electrons. The second-order valence-corrected chi connectivity index (χ2v) is 8.42. The summed E-state index contributed by atoms with van der Waals surface area (Å²) in [6.45, 7) is 0.538. The van der Waals surface area contributed by atoms with Gasteiger partial charge >= 0.3 is 6.18 Å². The monoisotopic (exact) mass is 460 g/mol. The summed E-state index contributed by atoms with van der Waals surface area (Å²) in [6.07, 6.45) is 0.870. The number of rotatable bonds is 4. The summed E-state index contributed by atoms with van der Waals surface area (Å²) in [6, 6.07) is 5.96. The third kappa shape index (κ3) is 3.81. The van der Waals surface area contributed by atoms with Crippen LogP contribution in [0, 0.1) is 11.7 Å². The SMILES string of the molecule is CN(c1ccc(C(F)(F)F)cn1)C1C[C@H]2CC1N(C(=O)c1cc(F)ccc1-n1nccn1)C2.